The number of furan rings is 1. The largest absolute Gasteiger partial charge is 0.463 e. The van der Waals surface area contributed by atoms with E-state index in [4.69, 9.17) is 10.8 Å². The van der Waals surface area contributed by atoms with Crippen LogP contribution in [0, 0.1) is 22.5 Å². The number of rotatable bonds is 12. The maximum Gasteiger partial charge on any atom is 0.274 e. The van der Waals surface area contributed by atoms with Gasteiger partial charge in [0.2, 0.25) is 0 Å². The number of benzene rings is 1. The van der Waals surface area contributed by atoms with Gasteiger partial charge in [0, 0.05) is 25.0 Å². The Morgan fingerprint density at radius 1 is 1.29 bits per heavy atom. The zero-order valence-electron chi connectivity index (χ0n) is 15.8. The van der Waals surface area contributed by atoms with Crippen molar-refractivity contribution in [2.75, 3.05) is 30.8 Å². The summed E-state index contributed by atoms with van der Waals surface area (Å²) in [5.41, 5.74) is 1.14. The maximum atomic E-state index is 10.6. The van der Waals surface area contributed by atoms with E-state index >= 15 is 0 Å². The van der Waals surface area contributed by atoms with E-state index in [0.717, 1.165) is 34.9 Å². The predicted octanol–water partition coefficient (Wildman–Crippen LogP) is 3.04. The molecule has 0 saturated carbocycles. The van der Waals surface area contributed by atoms with E-state index in [9.17, 15) is 10.1 Å². The number of anilines is 1. The summed E-state index contributed by atoms with van der Waals surface area (Å²) in [6.07, 6.45) is 6.04. The molecule has 1 aromatic carbocycles. The quantitative estimate of drug-likeness (QED) is 0.245. The van der Waals surface area contributed by atoms with Gasteiger partial charge in [0.25, 0.3) is 6.20 Å². The number of nitrogens with zero attached hydrogens (tertiary/aromatic N) is 2. The van der Waals surface area contributed by atoms with Crippen molar-refractivity contribution in [3.05, 3.63) is 76.1 Å². The summed E-state index contributed by atoms with van der Waals surface area (Å²) in [5.74, 6) is 6.03. The standard InChI is InChI=1S/C20H24N4O3S/c1-3-11-21-20(15-24(25)26)22-12-13-28-16-19-10-9-18(27-19)14-23(2)17-7-5-4-6-8-17/h1,4-10,15,21-22H,11-14,16H2,2H3. The third-order valence-electron chi connectivity index (χ3n) is 3.73. The zero-order chi connectivity index (χ0) is 20.2. The summed E-state index contributed by atoms with van der Waals surface area (Å²) in [6, 6.07) is 14.1. The van der Waals surface area contributed by atoms with Gasteiger partial charge in [-0.05, 0) is 24.3 Å². The van der Waals surface area contributed by atoms with Gasteiger partial charge in [-0.2, -0.15) is 11.8 Å². The summed E-state index contributed by atoms with van der Waals surface area (Å²) in [5, 5.41) is 16.4. The topological polar surface area (TPSA) is 83.6 Å². The Morgan fingerprint density at radius 2 is 2.04 bits per heavy atom. The van der Waals surface area contributed by atoms with Crippen molar-refractivity contribution >= 4 is 17.4 Å². The van der Waals surface area contributed by atoms with Crippen LogP contribution in [-0.4, -0.2) is 30.8 Å². The molecule has 2 aromatic rings. The van der Waals surface area contributed by atoms with Gasteiger partial charge in [-0.25, -0.2) is 0 Å². The third kappa shape index (κ3) is 7.68. The minimum absolute atomic E-state index is 0.229. The molecule has 2 N–H and O–H groups in total. The highest BCUT2D eigenvalue weighted by Crippen LogP contribution is 2.19. The van der Waals surface area contributed by atoms with Crippen LogP contribution in [-0.2, 0) is 12.3 Å². The third-order valence-corrected chi connectivity index (χ3v) is 4.71. The maximum absolute atomic E-state index is 10.6. The monoisotopic (exact) mass is 400 g/mol. The van der Waals surface area contributed by atoms with Crippen molar-refractivity contribution in [3.63, 3.8) is 0 Å². The number of thioether (sulfide) groups is 1. The average molecular weight is 401 g/mol. The van der Waals surface area contributed by atoms with Crippen molar-refractivity contribution < 1.29 is 9.34 Å². The molecule has 1 heterocycles. The van der Waals surface area contributed by atoms with Gasteiger partial charge in [-0.15, -0.1) is 6.42 Å². The molecule has 28 heavy (non-hydrogen) atoms. The predicted molar refractivity (Wildman–Crippen MR) is 113 cm³/mol. The van der Waals surface area contributed by atoms with Gasteiger partial charge in [0.1, 0.15) is 11.5 Å². The smallest absolute Gasteiger partial charge is 0.274 e. The molecule has 0 aliphatic heterocycles. The Bertz CT molecular complexity index is 814. The normalized spacial score (nSPS) is 10.9. The lowest BCUT2D eigenvalue weighted by Crippen LogP contribution is -2.29. The Labute approximate surface area is 169 Å². The first kappa shape index (κ1) is 21.3. The van der Waals surface area contributed by atoms with Crippen LogP contribution in [0.3, 0.4) is 0 Å². The van der Waals surface area contributed by atoms with E-state index in [0.29, 0.717) is 18.9 Å². The van der Waals surface area contributed by atoms with E-state index in [-0.39, 0.29) is 6.54 Å². The van der Waals surface area contributed by atoms with Crippen LogP contribution in [0.25, 0.3) is 0 Å². The molecule has 0 bridgehead atoms. The molecule has 0 aliphatic carbocycles. The van der Waals surface area contributed by atoms with Crippen molar-refractivity contribution in [2.45, 2.75) is 12.3 Å². The second kappa shape index (κ2) is 11.6. The molecule has 0 saturated heterocycles. The van der Waals surface area contributed by atoms with Crippen LogP contribution in [0.1, 0.15) is 11.5 Å². The SMILES string of the molecule is C#CCNC(=C[N+](=O)[O-])NCCSCc1ccc(CN(C)c2ccccc2)o1. The van der Waals surface area contributed by atoms with Crippen LogP contribution >= 0.6 is 11.8 Å². The second-order valence-corrected chi connectivity index (χ2v) is 7.03. The van der Waals surface area contributed by atoms with Crippen molar-refractivity contribution in [3.8, 4) is 12.3 Å². The molecule has 0 aliphatic rings. The summed E-state index contributed by atoms with van der Waals surface area (Å²) < 4.78 is 5.89. The Kier molecular flexibility index (Phi) is 8.82. The first-order valence-corrected chi connectivity index (χ1v) is 9.92. The highest BCUT2D eigenvalue weighted by molar-refractivity contribution is 7.98. The highest BCUT2D eigenvalue weighted by atomic mass is 32.2. The van der Waals surface area contributed by atoms with Crippen LogP contribution in [0.4, 0.5) is 5.69 Å². The first-order chi connectivity index (χ1) is 13.6. The fourth-order valence-corrected chi connectivity index (χ4v) is 3.18. The Morgan fingerprint density at radius 3 is 2.75 bits per heavy atom. The molecular weight excluding hydrogens is 376 g/mol. The summed E-state index contributed by atoms with van der Waals surface area (Å²) >= 11 is 1.68. The number of nitro groups is 1. The van der Waals surface area contributed by atoms with Gasteiger partial charge in [-0.1, -0.05) is 24.1 Å². The van der Waals surface area contributed by atoms with Crippen molar-refractivity contribution in [1.29, 1.82) is 0 Å². The lowest BCUT2D eigenvalue weighted by atomic mass is 10.3. The minimum atomic E-state index is -0.518. The number of para-hydroxylation sites is 1. The molecule has 0 amide bonds. The van der Waals surface area contributed by atoms with Crippen LogP contribution in [0.15, 0.2) is 58.9 Å². The fourth-order valence-electron chi connectivity index (χ4n) is 2.43. The lowest BCUT2D eigenvalue weighted by Gasteiger charge is -2.17. The molecule has 0 radical (unpaired) electrons. The molecule has 8 heteroatoms. The lowest BCUT2D eigenvalue weighted by molar-refractivity contribution is -0.404. The van der Waals surface area contributed by atoms with Crippen LogP contribution in [0.5, 0.6) is 0 Å². The van der Waals surface area contributed by atoms with Gasteiger partial charge in [-0.3, -0.25) is 10.1 Å². The summed E-state index contributed by atoms with van der Waals surface area (Å²) in [4.78, 5) is 12.2. The molecule has 0 fully saturated rings. The van der Waals surface area contributed by atoms with E-state index < -0.39 is 4.92 Å². The first-order valence-electron chi connectivity index (χ1n) is 8.76. The number of hydrogen-bond donors (Lipinski definition) is 2. The van der Waals surface area contributed by atoms with Gasteiger partial charge >= 0.3 is 0 Å². The number of nitrogens with one attached hydrogen (secondary N) is 2. The highest BCUT2D eigenvalue weighted by Gasteiger charge is 2.07. The van der Waals surface area contributed by atoms with Gasteiger partial charge in [0.15, 0.2) is 5.82 Å². The molecule has 2 rings (SSSR count). The molecule has 148 valence electrons. The number of hydrogen-bond acceptors (Lipinski definition) is 7. The van der Waals surface area contributed by atoms with Crippen LogP contribution in [0.2, 0.25) is 0 Å². The molecule has 0 unspecified atom stereocenters. The number of terminal acetylenes is 1. The van der Waals surface area contributed by atoms with Crippen molar-refractivity contribution in [2.24, 2.45) is 0 Å². The van der Waals surface area contributed by atoms with Crippen LogP contribution < -0.4 is 15.5 Å². The molecular formula is C20H24N4O3S. The Hall–Kier alpha value is -3.05. The van der Waals surface area contributed by atoms with Gasteiger partial charge in [0.05, 0.1) is 23.8 Å². The average Bonchev–Trinajstić information content (AvgIpc) is 3.13. The van der Waals surface area contributed by atoms with E-state index in [2.05, 4.69) is 33.6 Å². The van der Waals surface area contributed by atoms with Gasteiger partial charge < -0.3 is 20.0 Å². The van der Waals surface area contributed by atoms with E-state index in [1.807, 2.05) is 37.4 Å². The second-order valence-electron chi connectivity index (χ2n) is 5.92. The summed E-state index contributed by atoms with van der Waals surface area (Å²) in [6.45, 7) is 1.50. The zero-order valence-corrected chi connectivity index (χ0v) is 16.6. The van der Waals surface area contributed by atoms with E-state index in [1.165, 1.54) is 0 Å². The molecule has 0 atom stereocenters. The molecule has 7 nitrogen and oxygen atoms in total. The Balaban J connectivity index is 1.71. The minimum Gasteiger partial charge on any atom is -0.463 e. The molecule has 0 spiro atoms. The molecule has 1 aromatic heterocycles. The van der Waals surface area contributed by atoms with Crippen molar-refractivity contribution in [1.82, 2.24) is 10.6 Å². The fraction of sp³-hybridized carbons (Fsp3) is 0.300. The van der Waals surface area contributed by atoms with E-state index in [1.54, 1.807) is 11.8 Å². The summed E-state index contributed by atoms with van der Waals surface area (Å²) in [7, 11) is 2.03.